The van der Waals surface area contributed by atoms with Gasteiger partial charge in [0.1, 0.15) is 5.69 Å². The number of rotatable bonds is 4. The first kappa shape index (κ1) is 11.0. The fraction of sp³-hybridized carbons (Fsp3) is 0.0909. The van der Waals surface area contributed by atoms with Crippen LogP contribution in [0.3, 0.4) is 0 Å². The van der Waals surface area contributed by atoms with Crippen molar-refractivity contribution in [3.05, 3.63) is 47.3 Å². The van der Waals surface area contributed by atoms with Gasteiger partial charge in [-0.3, -0.25) is 9.59 Å². The molecular weight excluding hydrogens is 220 g/mol. The first-order chi connectivity index (χ1) is 8.19. The zero-order valence-electron chi connectivity index (χ0n) is 8.91. The van der Waals surface area contributed by atoms with Crippen LogP contribution in [0.2, 0.25) is 0 Å². The number of nitrogens with two attached hydrogens (primary N) is 1. The molecule has 2 rings (SSSR count). The second-order valence-electron chi connectivity index (χ2n) is 3.52. The molecule has 0 unspecified atom stereocenters. The molecule has 0 aliphatic heterocycles. The van der Waals surface area contributed by atoms with Crippen molar-refractivity contribution in [3.63, 3.8) is 0 Å². The third-order valence-corrected chi connectivity index (χ3v) is 2.23. The van der Waals surface area contributed by atoms with Crippen molar-refractivity contribution < 1.29 is 9.59 Å². The number of hydrogen-bond donors (Lipinski definition) is 1. The molecule has 0 fully saturated rings. The SMILES string of the molecule is NC(=O)c1cccc(Cn2cc(C=O)nn2)c1. The van der Waals surface area contributed by atoms with Crippen LogP contribution in [0.25, 0.3) is 0 Å². The van der Waals surface area contributed by atoms with Crippen molar-refractivity contribution >= 4 is 12.2 Å². The zero-order valence-corrected chi connectivity index (χ0v) is 8.91. The van der Waals surface area contributed by atoms with Crippen LogP contribution in [0.4, 0.5) is 0 Å². The Hall–Kier alpha value is -2.50. The summed E-state index contributed by atoms with van der Waals surface area (Å²) in [6.45, 7) is 0.432. The topological polar surface area (TPSA) is 90.9 Å². The van der Waals surface area contributed by atoms with Crippen LogP contribution in [-0.4, -0.2) is 27.2 Å². The smallest absolute Gasteiger partial charge is 0.248 e. The Kier molecular flexibility index (Phi) is 2.95. The summed E-state index contributed by atoms with van der Waals surface area (Å²) in [5.74, 6) is -0.473. The lowest BCUT2D eigenvalue weighted by atomic mass is 10.1. The van der Waals surface area contributed by atoms with E-state index < -0.39 is 5.91 Å². The molecule has 0 spiro atoms. The Morgan fingerprint density at radius 3 is 2.94 bits per heavy atom. The van der Waals surface area contributed by atoms with E-state index in [4.69, 9.17) is 5.73 Å². The van der Waals surface area contributed by atoms with E-state index in [0.717, 1.165) is 5.56 Å². The lowest BCUT2D eigenvalue weighted by Gasteiger charge is -2.02. The highest BCUT2D eigenvalue weighted by Crippen LogP contribution is 2.06. The first-order valence-corrected chi connectivity index (χ1v) is 4.93. The number of hydrogen-bond acceptors (Lipinski definition) is 4. The predicted molar refractivity (Wildman–Crippen MR) is 59.5 cm³/mol. The van der Waals surface area contributed by atoms with Crippen LogP contribution in [0, 0.1) is 0 Å². The Labute approximate surface area is 97.0 Å². The van der Waals surface area contributed by atoms with Gasteiger partial charge in [-0.25, -0.2) is 4.68 Å². The highest BCUT2D eigenvalue weighted by atomic mass is 16.1. The molecule has 17 heavy (non-hydrogen) atoms. The molecule has 1 heterocycles. The van der Waals surface area contributed by atoms with E-state index in [9.17, 15) is 9.59 Å². The summed E-state index contributed by atoms with van der Waals surface area (Å²) < 4.78 is 1.52. The standard InChI is InChI=1S/C11H10N4O2/c12-11(17)9-3-1-2-8(4-9)5-15-6-10(7-16)13-14-15/h1-4,6-7H,5H2,(H2,12,17). The summed E-state index contributed by atoms with van der Waals surface area (Å²) in [5.41, 5.74) is 6.76. The number of carbonyl (C=O) groups is 2. The summed E-state index contributed by atoms with van der Waals surface area (Å²) in [6, 6.07) is 6.91. The molecular formula is C11H10N4O2. The van der Waals surface area contributed by atoms with E-state index in [1.807, 2.05) is 6.07 Å². The Balaban J connectivity index is 2.20. The minimum atomic E-state index is -0.473. The molecule has 0 aliphatic rings. The molecule has 0 saturated carbocycles. The van der Waals surface area contributed by atoms with Gasteiger partial charge in [-0.2, -0.15) is 0 Å². The molecule has 1 amide bonds. The maximum atomic E-state index is 11.0. The Morgan fingerprint density at radius 2 is 2.29 bits per heavy atom. The second-order valence-corrected chi connectivity index (χ2v) is 3.52. The normalized spacial score (nSPS) is 10.1. The highest BCUT2D eigenvalue weighted by Gasteiger charge is 2.03. The van der Waals surface area contributed by atoms with E-state index >= 15 is 0 Å². The number of carbonyl (C=O) groups excluding carboxylic acids is 2. The average Bonchev–Trinajstić information content (AvgIpc) is 2.77. The number of amides is 1. The van der Waals surface area contributed by atoms with E-state index in [1.165, 1.54) is 10.9 Å². The summed E-state index contributed by atoms with van der Waals surface area (Å²) in [5, 5.41) is 7.42. The maximum Gasteiger partial charge on any atom is 0.248 e. The summed E-state index contributed by atoms with van der Waals surface area (Å²) in [7, 11) is 0. The van der Waals surface area contributed by atoms with Crippen molar-refractivity contribution in [1.82, 2.24) is 15.0 Å². The van der Waals surface area contributed by atoms with Crippen LogP contribution < -0.4 is 5.73 Å². The molecule has 0 bridgehead atoms. The van der Waals surface area contributed by atoms with Gasteiger partial charge in [-0.15, -0.1) is 5.10 Å². The Morgan fingerprint density at radius 1 is 1.47 bits per heavy atom. The van der Waals surface area contributed by atoms with Gasteiger partial charge in [0.05, 0.1) is 12.7 Å². The van der Waals surface area contributed by atoms with Crippen molar-refractivity contribution in [3.8, 4) is 0 Å². The molecule has 86 valence electrons. The molecule has 2 N–H and O–H groups in total. The molecule has 2 aromatic rings. The molecule has 0 radical (unpaired) electrons. The predicted octanol–water partition coefficient (Wildman–Crippen LogP) is 0.238. The van der Waals surface area contributed by atoms with E-state index in [2.05, 4.69) is 10.3 Å². The number of nitrogens with zero attached hydrogens (tertiary/aromatic N) is 3. The lowest BCUT2D eigenvalue weighted by Crippen LogP contribution is -2.11. The highest BCUT2D eigenvalue weighted by molar-refractivity contribution is 5.92. The van der Waals surface area contributed by atoms with Crippen molar-refractivity contribution in [2.75, 3.05) is 0 Å². The summed E-state index contributed by atoms with van der Waals surface area (Å²) in [4.78, 5) is 21.4. The van der Waals surface area contributed by atoms with Gasteiger partial charge in [0.25, 0.3) is 0 Å². The maximum absolute atomic E-state index is 11.0. The van der Waals surface area contributed by atoms with Crippen molar-refractivity contribution in [2.24, 2.45) is 5.73 Å². The third kappa shape index (κ3) is 2.54. The van der Waals surface area contributed by atoms with Crippen LogP contribution >= 0.6 is 0 Å². The fourth-order valence-electron chi connectivity index (χ4n) is 1.45. The van der Waals surface area contributed by atoms with Gasteiger partial charge < -0.3 is 5.73 Å². The molecule has 0 saturated heterocycles. The van der Waals surface area contributed by atoms with Crippen LogP contribution in [0.5, 0.6) is 0 Å². The zero-order chi connectivity index (χ0) is 12.3. The fourth-order valence-corrected chi connectivity index (χ4v) is 1.45. The number of aromatic nitrogens is 3. The number of aldehydes is 1. The monoisotopic (exact) mass is 230 g/mol. The summed E-state index contributed by atoms with van der Waals surface area (Å²) >= 11 is 0. The van der Waals surface area contributed by atoms with Gasteiger partial charge in [0, 0.05) is 5.56 Å². The van der Waals surface area contributed by atoms with Gasteiger partial charge in [0.2, 0.25) is 5.91 Å². The van der Waals surface area contributed by atoms with Gasteiger partial charge in [0.15, 0.2) is 6.29 Å². The number of primary amides is 1. The van der Waals surface area contributed by atoms with Gasteiger partial charge in [-0.05, 0) is 17.7 Å². The first-order valence-electron chi connectivity index (χ1n) is 4.93. The molecule has 1 aromatic carbocycles. The molecule has 0 atom stereocenters. The summed E-state index contributed by atoms with van der Waals surface area (Å²) in [6.07, 6.45) is 2.16. The Bertz CT molecular complexity index is 562. The third-order valence-electron chi connectivity index (χ3n) is 2.23. The van der Waals surface area contributed by atoms with Crippen molar-refractivity contribution in [2.45, 2.75) is 6.54 Å². The largest absolute Gasteiger partial charge is 0.366 e. The minimum Gasteiger partial charge on any atom is -0.366 e. The van der Waals surface area contributed by atoms with Crippen molar-refractivity contribution in [1.29, 1.82) is 0 Å². The van der Waals surface area contributed by atoms with Crippen LogP contribution in [-0.2, 0) is 6.54 Å². The molecule has 6 heteroatoms. The molecule has 0 aliphatic carbocycles. The second kappa shape index (κ2) is 4.56. The lowest BCUT2D eigenvalue weighted by molar-refractivity contribution is 0.0999. The van der Waals surface area contributed by atoms with Crippen LogP contribution in [0.1, 0.15) is 26.4 Å². The molecule has 6 nitrogen and oxygen atoms in total. The minimum absolute atomic E-state index is 0.274. The van der Waals surface area contributed by atoms with E-state index in [0.29, 0.717) is 18.4 Å². The number of benzene rings is 1. The average molecular weight is 230 g/mol. The quantitative estimate of drug-likeness (QED) is 0.761. The van der Waals surface area contributed by atoms with Gasteiger partial charge in [-0.1, -0.05) is 17.3 Å². The van der Waals surface area contributed by atoms with E-state index in [-0.39, 0.29) is 5.69 Å². The molecule has 1 aromatic heterocycles. The van der Waals surface area contributed by atoms with Crippen LogP contribution in [0.15, 0.2) is 30.5 Å². The van der Waals surface area contributed by atoms with Gasteiger partial charge >= 0.3 is 0 Å². The van der Waals surface area contributed by atoms with E-state index in [1.54, 1.807) is 18.2 Å².